The van der Waals surface area contributed by atoms with Gasteiger partial charge in [-0.15, -0.1) is 5.10 Å². The van der Waals surface area contributed by atoms with Gasteiger partial charge in [0.15, 0.2) is 5.82 Å². The van der Waals surface area contributed by atoms with Crippen LogP contribution in [0.1, 0.15) is 44.3 Å². The number of aliphatic hydroxyl groups is 1. The number of nitrogens with zero attached hydrogens (tertiary/aromatic N) is 7. The Labute approximate surface area is 207 Å². The number of likely N-dealkylation sites (tertiary alicyclic amines) is 1. The molecule has 0 saturated carbocycles. The molecule has 3 fully saturated rings. The van der Waals surface area contributed by atoms with Gasteiger partial charge in [0.2, 0.25) is 5.91 Å². The van der Waals surface area contributed by atoms with Crippen LogP contribution in [0, 0.1) is 5.41 Å². The lowest BCUT2D eigenvalue weighted by molar-refractivity contribution is -0.144. The number of tetrazole rings is 1. The van der Waals surface area contributed by atoms with Crippen LogP contribution in [0.5, 0.6) is 0 Å². The van der Waals surface area contributed by atoms with Crippen molar-refractivity contribution in [3.8, 4) is 5.82 Å². The summed E-state index contributed by atoms with van der Waals surface area (Å²) in [6.45, 7) is 2.75. The van der Waals surface area contributed by atoms with Crippen molar-refractivity contribution in [2.45, 2.75) is 56.9 Å². The fourth-order valence-electron chi connectivity index (χ4n) is 6.53. The standard InChI is InChI=1S/C24H29N7O5/c1-14-18(12-36-22(14)33)30-11-20(35-2)24(23(30)34)7-16-4-5-17(8-24)29(16)10-19(32)15-3-6-21(25-9-15)31-13-26-27-28-31/h3,6,9,13,16-17,19-20,32H,4-5,7-8,10-12H2,1-2H3. The summed E-state index contributed by atoms with van der Waals surface area (Å²) in [5.74, 6) is 0.240. The molecule has 6 heterocycles. The number of carbonyl (C=O) groups excluding carboxylic acids is 2. The van der Waals surface area contributed by atoms with E-state index in [9.17, 15) is 14.7 Å². The summed E-state index contributed by atoms with van der Waals surface area (Å²) in [4.78, 5) is 34.2. The third kappa shape index (κ3) is 3.54. The molecule has 1 spiro atoms. The van der Waals surface area contributed by atoms with E-state index < -0.39 is 11.5 Å². The summed E-state index contributed by atoms with van der Waals surface area (Å²) >= 11 is 0. The smallest absolute Gasteiger partial charge is 0.336 e. The molecule has 6 rings (SSSR count). The Morgan fingerprint density at radius 3 is 2.61 bits per heavy atom. The van der Waals surface area contributed by atoms with E-state index >= 15 is 0 Å². The Balaban J connectivity index is 1.18. The summed E-state index contributed by atoms with van der Waals surface area (Å²) in [6, 6.07) is 3.95. The highest BCUT2D eigenvalue weighted by atomic mass is 16.5. The molecule has 0 aromatic carbocycles. The van der Waals surface area contributed by atoms with Crippen molar-refractivity contribution in [3.63, 3.8) is 0 Å². The van der Waals surface area contributed by atoms with Gasteiger partial charge in [0.25, 0.3) is 0 Å². The highest BCUT2D eigenvalue weighted by Crippen LogP contribution is 2.53. The van der Waals surface area contributed by atoms with Crippen LogP contribution in [0.25, 0.3) is 5.82 Å². The van der Waals surface area contributed by atoms with E-state index in [1.807, 2.05) is 6.07 Å². The van der Waals surface area contributed by atoms with Crippen molar-refractivity contribution in [1.29, 1.82) is 0 Å². The van der Waals surface area contributed by atoms with Crippen LogP contribution in [0.3, 0.4) is 0 Å². The maximum Gasteiger partial charge on any atom is 0.336 e. The number of methoxy groups -OCH3 is 1. The molecule has 4 aliphatic rings. The van der Waals surface area contributed by atoms with Crippen molar-refractivity contribution >= 4 is 11.9 Å². The van der Waals surface area contributed by atoms with Gasteiger partial charge in [0, 0.05) is 37.5 Å². The fourth-order valence-corrected chi connectivity index (χ4v) is 6.53. The summed E-state index contributed by atoms with van der Waals surface area (Å²) in [6.07, 6.45) is 5.44. The maximum absolute atomic E-state index is 13.8. The second-order valence-corrected chi connectivity index (χ2v) is 10.2. The summed E-state index contributed by atoms with van der Waals surface area (Å²) in [5, 5.41) is 22.1. The van der Waals surface area contributed by atoms with Gasteiger partial charge in [-0.25, -0.2) is 9.78 Å². The van der Waals surface area contributed by atoms with E-state index in [0.717, 1.165) is 18.4 Å². The zero-order valence-electron chi connectivity index (χ0n) is 20.3. The van der Waals surface area contributed by atoms with Gasteiger partial charge in [0.05, 0.1) is 35.4 Å². The number of fused-ring (bicyclic) bond motifs is 2. The number of carbonyl (C=O) groups is 2. The predicted octanol–water partition coefficient (Wildman–Crippen LogP) is 0.392. The van der Waals surface area contributed by atoms with Crippen LogP contribution in [0.15, 0.2) is 35.9 Å². The Morgan fingerprint density at radius 2 is 2.03 bits per heavy atom. The van der Waals surface area contributed by atoms with E-state index in [0.29, 0.717) is 43.0 Å². The molecule has 1 amide bonds. The molecule has 12 nitrogen and oxygen atoms in total. The normalized spacial score (nSPS) is 31.1. The van der Waals surface area contributed by atoms with Gasteiger partial charge in [-0.3, -0.25) is 9.69 Å². The number of esters is 1. The molecule has 1 N–H and O–H groups in total. The first-order chi connectivity index (χ1) is 17.4. The van der Waals surface area contributed by atoms with Crippen LogP contribution >= 0.6 is 0 Å². The van der Waals surface area contributed by atoms with Crippen LogP contribution < -0.4 is 0 Å². The maximum atomic E-state index is 13.8. The fraction of sp³-hybridized carbons (Fsp3) is 0.583. The lowest BCUT2D eigenvalue weighted by atomic mass is 9.71. The van der Waals surface area contributed by atoms with E-state index in [-0.39, 0.29) is 36.7 Å². The number of aliphatic hydroxyl groups excluding tert-OH is 1. The molecular formula is C24H29N7O5. The molecule has 2 bridgehead atoms. The Morgan fingerprint density at radius 1 is 1.25 bits per heavy atom. The van der Waals surface area contributed by atoms with Gasteiger partial charge in [0.1, 0.15) is 12.9 Å². The first-order valence-corrected chi connectivity index (χ1v) is 12.3. The molecule has 2 aromatic heterocycles. The van der Waals surface area contributed by atoms with Crippen molar-refractivity contribution in [2.75, 3.05) is 26.8 Å². The number of hydrogen-bond donors (Lipinski definition) is 1. The topological polar surface area (TPSA) is 136 Å². The zero-order chi connectivity index (χ0) is 25.0. The average Bonchev–Trinajstić information content (AvgIpc) is 3.64. The van der Waals surface area contributed by atoms with Gasteiger partial charge in [-0.1, -0.05) is 6.07 Å². The highest BCUT2D eigenvalue weighted by Gasteiger charge is 2.61. The lowest BCUT2D eigenvalue weighted by Crippen LogP contribution is -2.54. The van der Waals surface area contributed by atoms with Gasteiger partial charge in [-0.2, -0.15) is 4.68 Å². The van der Waals surface area contributed by atoms with Gasteiger partial charge < -0.3 is 19.5 Å². The van der Waals surface area contributed by atoms with E-state index in [4.69, 9.17) is 9.47 Å². The molecule has 2 aromatic rings. The Bertz CT molecular complexity index is 1180. The summed E-state index contributed by atoms with van der Waals surface area (Å²) < 4.78 is 12.5. The minimum Gasteiger partial charge on any atom is -0.456 e. The monoisotopic (exact) mass is 495 g/mol. The Kier molecular flexibility index (Phi) is 5.61. The van der Waals surface area contributed by atoms with Crippen molar-refractivity contribution in [3.05, 3.63) is 41.5 Å². The first-order valence-electron chi connectivity index (χ1n) is 12.3. The number of hydrogen-bond acceptors (Lipinski definition) is 10. The molecule has 4 aliphatic heterocycles. The first kappa shape index (κ1) is 23.2. The molecule has 3 saturated heterocycles. The molecule has 12 heteroatoms. The van der Waals surface area contributed by atoms with E-state index in [1.54, 1.807) is 31.2 Å². The van der Waals surface area contributed by atoms with Crippen LogP contribution in [-0.2, 0) is 19.1 Å². The largest absolute Gasteiger partial charge is 0.456 e. The predicted molar refractivity (Wildman–Crippen MR) is 123 cm³/mol. The average molecular weight is 496 g/mol. The summed E-state index contributed by atoms with van der Waals surface area (Å²) in [7, 11) is 1.66. The van der Waals surface area contributed by atoms with E-state index in [1.165, 1.54) is 11.0 Å². The Hall–Kier alpha value is -3.22. The summed E-state index contributed by atoms with van der Waals surface area (Å²) in [5.41, 5.74) is 1.25. The molecule has 0 radical (unpaired) electrons. The van der Waals surface area contributed by atoms with Crippen LogP contribution in [-0.4, -0.2) is 97.0 Å². The van der Waals surface area contributed by atoms with Crippen molar-refractivity contribution < 1.29 is 24.2 Å². The highest BCUT2D eigenvalue weighted by molar-refractivity contribution is 5.94. The SMILES string of the molecule is COC1CN(C2=C(C)C(=O)OC2)C(=O)C12CC1CCC(C2)N1CC(O)c1ccc(-n2cnnn2)nc1. The number of cyclic esters (lactones) is 1. The van der Waals surface area contributed by atoms with Crippen molar-refractivity contribution in [2.24, 2.45) is 5.41 Å². The zero-order valence-corrected chi connectivity index (χ0v) is 20.3. The minimum absolute atomic E-state index is 0.0292. The van der Waals surface area contributed by atoms with Gasteiger partial charge in [-0.05, 0) is 49.1 Å². The molecule has 190 valence electrons. The molecule has 4 atom stereocenters. The molecular weight excluding hydrogens is 466 g/mol. The molecule has 0 aliphatic carbocycles. The number of ether oxygens (including phenoxy) is 2. The third-order valence-electron chi connectivity index (χ3n) is 8.42. The second-order valence-electron chi connectivity index (χ2n) is 10.2. The minimum atomic E-state index is -0.707. The number of rotatable bonds is 6. The molecule has 4 unspecified atom stereocenters. The van der Waals surface area contributed by atoms with Crippen LogP contribution in [0.2, 0.25) is 0 Å². The number of piperidine rings is 1. The second kappa shape index (κ2) is 8.71. The number of pyridine rings is 1. The quantitative estimate of drug-likeness (QED) is 0.561. The lowest BCUT2D eigenvalue weighted by Gasteiger charge is -2.46. The van der Waals surface area contributed by atoms with Gasteiger partial charge >= 0.3 is 5.97 Å². The van der Waals surface area contributed by atoms with Crippen LogP contribution in [0.4, 0.5) is 0 Å². The number of amides is 1. The van der Waals surface area contributed by atoms with E-state index in [2.05, 4.69) is 25.4 Å². The number of aromatic nitrogens is 5. The molecule has 36 heavy (non-hydrogen) atoms. The third-order valence-corrected chi connectivity index (χ3v) is 8.42. The van der Waals surface area contributed by atoms with Crippen molar-refractivity contribution in [1.82, 2.24) is 35.0 Å².